The van der Waals surface area contributed by atoms with Crippen molar-refractivity contribution in [3.63, 3.8) is 0 Å². The summed E-state index contributed by atoms with van der Waals surface area (Å²) in [5, 5.41) is 3.26. The summed E-state index contributed by atoms with van der Waals surface area (Å²) in [6, 6.07) is 9.98. The second-order valence-corrected chi connectivity index (χ2v) is 6.07. The third-order valence-electron chi connectivity index (χ3n) is 4.27. The highest BCUT2D eigenvalue weighted by atomic mass is 16.2. The number of hydrogen-bond acceptors (Lipinski definition) is 4. The summed E-state index contributed by atoms with van der Waals surface area (Å²) in [6.07, 6.45) is 3.98. The second kappa shape index (κ2) is 6.77. The first-order chi connectivity index (χ1) is 11.1. The molecule has 5 heteroatoms. The van der Waals surface area contributed by atoms with Gasteiger partial charge in [-0.1, -0.05) is 6.07 Å². The van der Waals surface area contributed by atoms with Crippen molar-refractivity contribution in [2.45, 2.75) is 32.6 Å². The Morgan fingerprint density at radius 1 is 1.30 bits per heavy atom. The van der Waals surface area contributed by atoms with Crippen LogP contribution in [0.1, 0.15) is 36.9 Å². The predicted molar refractivity (Wildman–Crippen MR) is 90.7 cm³/mol. The molecule has 120 valence electrons. The third-order valence-corrected chi connectivity index (χ3v) is 4.27. The zero-order valence-corrected chi connectivity index (χ0v) is 13.6. The molecular formula is C18H22N4O. The van der Waals surface area contributed by atoms with E-state index in [1.165, 1.54) is 5.56 Å². The molecule has 0 spiro atoms. The van der Waals surface area contributed by atoms with Crippen LogP contribution in [0.4, 0.5) is 11.6 Å². The molecule has 0 aromatic carbocycles. The van der Waals surface area contributed by atoms with E-state index in [4.69, 9.17) is 0 Å². The van der Waals surface area contributed by atoms with E-state index in [1.54, 1.807) is 6.92 Å². The highest BCUT2D eigenvalue weighted by Gasteiger charge is 2.23. The van der Waals surface area contributed by atoms with Crippen molar-refractivity contribution < 1.29 is 4.79 Å². The lowest BCUT2D eigenvalue weighted by molar-refractivity contribution is -0.130. The average Bonchev–Trinajstić information content (AvgIpc) is 2.55. The summed E-state index contributed by atoms with van der Waals surface area (Å²) in [6.45, 7) is 5.27. The van der Waals surface area contributed by atoms with Crippen LogP contribution in [0.2, 0.25) is 0 Å². The number of aromatic nitrogens is 2. The lowest BCUT2D eigenvalue weighted by Gasteiger charge is -2.32. The van der Waals surface area contributed by atoms with E-state index in [0.717, 1.165) is 43.3 Å². The number of carbonyl (C=O) groups excluding carboxylic acids is 1. The Hall–Kier alpha value is -2.43. The van der Waals surface area contributed by atoms with Gasteiger partial charge in [0.25, 0.3) is 0 Å². The van der Waals surface area contributed by atoms with Gasteiger partial charge in [0.15, 0.2) is 0 Å². The molecule has 1 aliphatic rings. The van der Waals surface area contributed by atoms with Crippen LogP contribution in [0.5, 0.6) is 0 Å². The predicted octanol–water partition coefficient (Wildman–Crippen LogP) is 3.25. The van der Waals surface area contributed by atoms with Crippen molar-refractivity contribution in [2.24, 2.45) is 0 Å². The fourth-order valence-corrected chi connectivity index (χ4v) is 3.05. The van der Waals surface area contributed by atoms with Crippen LogP contribution in [-0.4, -0.2) is 33.9 Å². The zero-order valence-electron chi connectivity index (χ0n) is 13.6. The Kier molecular flexibility index (Phi) is 4.55. The van der Waals surface area contributed by atoms with Crippen LogP contribution < -0.4 is 5.32 Å². The molecule has 1 amide bonds. The molecule has 0 aliphatic carbocycles. The highest BCUT2D eigenvalue weighted by Crippen LogP contribution is 2.28. The molecule has 1 unspecified atom stereocenters. The van der Waals surface area contributed by atoms with Crippen LogP contribution in [0, 0.1) is 6.92 Å². The summed E-state index contributed by atoms with van der Waals surface area (Å²) >= 11 is 0. The molecule has 23 heavy (non-hydrogen) atoms. The largest absolute Gasteiger partial charge is 0.342 e. The van der Waals surface area contributed by atoms with Crippen molar-refractivity contribution in [3.8, 4) is 0 Å². The Labute approximate surface area is 136 Å². The minimum atomic E-state index is 0.158. The number of aryl methyl sites for hydroxylation is 1. The molecule has 1 saturated heterocycles. The quantitative estimate of drug-likeness (QED) is 0.945. The number of likely N-dealkylation sites (tertiary alicyclic amines) is 1. The molecule has 1 atom stereocenters. The normalized spacial score (nSPS) is 17.8. The number of nitrogens with zero attached hydrogens (tertiary/aromatic N) is 3. The summed E-state index contributed by atoms with van der Waals surface area (Å²) in [7, 11) is 0. The minimum absolute atomic E-state index is 0.158. The van der Waals surface area contributed by atoms with Crippen molar-refractivity contribution in [1.82, 2.24) is 14.9 Å². The van der Waals surface area contributed by atoms with Gasteiger partial charge >= 0.3 is 0 Å². The Balaban J connectivity index is 1.75. The molecule has 1 fully saturated rings. The molecule has 2 aromatic heterocycles. The Bertz CT molecular complexity index is 701. The molecule has 1 aliphatic heterocycles. The van der Waals surface area contributed by atoms with Gasteiger partial charge in [0.2, 0.25) is 5.91 Å². The van der Waals surface area contributed by atoms with Crippen molar-refractivity contribution in [3.05, 3.63) is 47.8 Å². The van der Waals surface area contributed by atoms with Gasteiger partial charge in [-0.3, -0.25) is 4.79 Å². The maximum atomic E-state index is 11.6. The fourth-order valence-electron chi connectivity index (χ4n) is 3.05. The van der Waals surface area contributed by atoms with Crippen LogP contribution in [0.3, 0.4) is 0 Å². The molecule has 2 aromatic rings. The van der Waals surface area contributed by atoms with Gasteiger partial charge in [-0.25, -0.2) is 9.97 Å². The zero-order chi connectivity index (χ0) is 16.2. The lowest BCUT2D eigenvalue weighted by Crippen LogP contribution is -2.37. The molecule has 0 saturated carbocycles. The van der Waals surface area contributed by atoms with Gasteiger partial charge in [-0.2, -0.15) is 0 Å². The number of pyridine rings is 2. The standard InChI is InChI=1S/C18H22N4O/c1-13-5-3-7-17(20-13)21-18-11-15(8-9-19-18)16-6-4-10-22(12-16)14(2)23/h3,5,7-9,11,16H,4,6,10,12H2,1-2H3,(H,19,20,21). The number of nitrogens with one attached hydrogen (secondary N) is 1. The van der Waals surface area contributed by atoms with Crippen LogP contribution >= 0.6 is 0 Å². The molecule has 3 rings (SSSR count). The van der Waals surface area contributed by atoms with E-state index in [9.17, 15) is 4.79 Å². The third kappa shape index (κ3) is 3.86. The van der Waals surface area contributed by atoms with Gasteiger partial charge in [0.05, 0.1) is 0 Å². The summed E-state index contributed by atoms with van der Waals surface area (Å²) in [4.78, 5) is 22.4. The fraction of sp³-hybridized carbons (Fsp3) is 0.389. The molecule has 1 N–H and O–H groups in total. The van der Waals surface area contributed by atoms with Crippen molar-refractivity contribution in [1.29, 1.82) is 0 Å². The first-order valence-corrected chi connectivity index (χ1v) is 8.04. The lowest BCUT2D eigenvalue weighted by atomic mass is 9.91. The molecule has 0 bridgehead atoms. The number of hydrogen-bond donors (Lipinski definition) is 1. The highest BCUT2D eigenvalue weighted by molar-refractivity contribution is 5.73. The van der Waals surface area contributed by atoms with E-state index in [0.29, 0.717) is 5.92 Å². The van der Waals surface area contributed by atoms with Gasteiger partial charge in [0, 0.05) is 37.8 Å². The van der Waals surface area contributed by atoms with E-state index in [2.05, 4.69) is 21.4 Å². The van der Waals surface area contributed by atoms with Crippen LogP contribution in [-0.2, 0) is 4.79 Å². The minimum Gasteiger partial charge on any atom is -0.342 e. The van der Waals surface area contributed by atoms with Gasteiger partial charge in [0.1, 0.15) is 11.6 Å². The maximum Gasteiger partial charge on any atom is 0.219 e. The van der Waals surface area contributed by atoms with E-state index in [-0.39, 0.29) is 5.91 Å². The number of rotatable bonds is 3. The first-order valence-electron chi connectivity index (χ1n) is 8.04. The molecule has 3 heterocycles. The number of anilines is 2. The topological polar surface area (TPSA) is 58.1 Å². The average molecular weight is 310 g/mol. The molecule has 5 nitrogen and oxygen atoms in total. The van der Waals surface area contributed by atoms with E-state index in [1.807, 2.05) is 42.3 Å². The molecular weight excluding hydrogens is 288 g/mol. The monoisotopic (exact) mass is 310 g/mol. The summed E-state index contributed by atoms with van der Waals surface area (Å²) < 4.78 is 0. The van der Waals surface area contributed by atoms with Gasteiger partial charge < -0.3 is 10.2 Å². The smallest absolute Gasteiger partial charge is 0.219 e. The van der Waals surface area contributed by atoms with Gasteiger partial charge in [-0.05, 0) is 49.6 Å². The van der Waals surface area contributed by atoms with Crippen LogP contribution in [0.15, 0.2) is 36.5 Å². The van der Waals surface area contributed by atoms with Gasteiger partial charge in [-0.15, -0.1) is 0 Å². The number of amides is 1. The van der Waals surface area contributed by atoms with E-state index < -0.39 is 0 Å². The van der Waals surface area contributed by atoms with Crippen molar-refractivity contribution in [2.75, 3.05) is 18.4 Å². The number of piperidine rings is 1. The molecule has 0 radical (unpaired) electrons. The Morgan fingerprint density at radius 3 is 2.96 bits per heavy atom. The SMILES string of the molecule is CC(=O)N1CCCC(c2ccnc(Nc3cccc(C)n3)c2)C1. The summed E-state index contributed by atoms with van der Waals surface area (Å²) in [5.41, 5.74) is 2.19. The van der Waals surface area contributed by atoms with Crippen molar-refractivity contribution >= 4 is 17.5 Å². The second-order valence-electron chi connectivity index (χ2n) is 6.07. The van der Waals surface area contributed by atoms with Crippen LogP contribution in [0.25, 0.3) is 0 Å². The number of carbonyl (C=O) groups is 1. The Morgan fingerprint density at radius 2 is 2.17 bits per heavy atom. The van der Waals surface area contributed by atoms with E-state index >= 15 is 0 Å². The first kappa shape index (κ1) is 15.5. The maximum absolute atomic E-state index is 11.6. The summed E-state index contributed by atoms with van der Waals surface area (Å²) in [5.74, 6) is 2.12.